The normalized spacial score (nSPS) is 19.2. The minimum absolute atomic E-state index is 0.169. The molecule has 0 bridgehead atoms. The lowest BCUT2D eigenvalue weighted by molar-refractivity contribution is 0.221. The molecule has 0 aromatic carbocycles. The second-order valence-corrected chi connectivity index (χ2v) is 8.20. The standard InChI is InChI=1S/C15H24N6O2S/c1-3-20-10-13(6-17-20)8-19-9-14(7-18-24(2,22)23)11-21-15(12-19)4-5-16-21/h4-6,10,14,18H,3,7-9,11-12H2,1-2H3/t14-/m0/s1. The molecule has 2 aromatic heterocycles. The van der Waals surface area contributed by atoms with Crippen LogP contribution in [0.1, 0.15) is 18.2 Å². The van der Waals surface area contributed by atoms with Crippen molar-refractivity contribution in [1.29, 1.82) is 0 Å². The summed E-state index contributed by atoms with van der Waals surface area (Å²) >= 11 is 0. The molecule has 3 heterocycles. The molecular formula is C15H24N6O2S. The highest BCUT2D eigenvalue weighted by atomic mass is 32.2. The Labute approximate surface area is 142 Å². The van der Waals surface area contributed by atoms with Gasteiger partial charge in [0.15, 0.2) is 0 Å². The van der Waals surface area contributed by atoms with E-state index in [0.29, 0.717) is 6.54 Å². The zero-order chi connectivity index (χ0) is 17.2. The van der Waals surface area contributed by atoms with Crippen molar-refractivity contribution in [2.45, 2.75) is 33.1 Å². The van der Waals surface area contributed by atoms with Crippen LogP contribution in [0.15, 0.2) is 24.7 Å². The minimum Gasteiger partial charge on any atom is -0.293 e. The van der Waals surface area contributed by atoms with Crippen LogP contribution in [0.4, 0.5) is 0 Å². The van der Waals surface area contributed by atoms with E-state index in [1.54, 1.807) is 6.20 Å². The van der Waals surface area contributed by atoms with E-state index in [2.05, 4.69) is 32.9 Å². The number of nitrogens with one attached hydrogen (secondary N) is 1. The highest BCUT2D eigenvalue weighted by molar-refractivity contribution is 7.88. The van der Waals surface area contributed by atoms with Crippen LogP contribution in [0.2, 0.25) is 0 Å². The molecule has 0 unspecified atom stereocenters. The molecule has 1 aliphatic heterocycles. The van der Waals surface area contributed by atoms with Crippen LogP contribution in [-0.2, 0) is 36.2 Å². The van der Waals surface area contributed by atoms with Gasteiger partial charge in [-0.3, -0.25) is 14.3 Å². The summed E-state index contributed by atoms with van der Waals surface area (Å²) in [4.78, 5) is 2.33. The van der Waals surface area contributed by atoms with Crippen LogP contribution in [0.5, 0.6) is 0 Å². The lowest BCUT2D eigenvalue weighted by atomic mass is 10.1. The zero-order valence-electron chi connectivity index (χ0n) is 14.1. The minimum atomic E-state index is -3.19. The Kier molecular flexibility index (Phi) is 5.02. The highest BCUT2D eigenvalue weighted by Crippen LogP contribution is 2.18. The molecule has 9 heteroatoms. The third-order valence-electron chi connectivity index (χ3n) is 4.19. The van der Waals surface area contributed by atoms with Gasteiger partial charge in [-0.05, 0) is 13.0 Å². The number of sulfonamides is 1. The van der Waals surface area contributed by atoms with Crippen molar-refractivity contribution in [3.63, 3.8) is 0 Å². The molecule has 24 heavy (non-hydrogen) atoms. The third-order valence-corrected chi connectivity index (χ3v) is 4.88. The average Bonchev–Trinajstić information content (AvgIpc) is 3.10. The fourth-order valence-corrected chi connectivity index (χ4v) is 3.60. The maximum atomic E-state index is 11.4. The van der Waals surface area contributed by atoms with Gasteiger partial charge in [-0.25, -0.2) is 13.1 Å². The van der Waals surface area contributed by atoms with Crippen molar-refractivity contribution in [3.05, 3.63) is 35.9 Å². The summed E-state index contributed by atoms with van der Waals surface area (Å²) in [7, 11) is -3.19. The Balaban J connectivity index is 1.73. The van der Waals surface area contributed by atoms with Crippen LogP contribution >= 0.6 is 0 Å². The summed E-state index contributed by atoms with van der Waals surface area (Å²) in [6.45, 7) is 6.46. The van der Waals surface area contributed by atoms with Crippen LogP contribution < -0.4 is 4.72 Å². The van der Waals surface area contributed by atoms with Gasteiger partial charge in [0.25, 0.3) is 0 Å². The number of nitrogens with zero attached hydrogens (tertiary/aromatic N) is 5. The van der Waals surface area contributed by atoms with E-state index in [9.17, 15) is 8.42 Å². The van der Waals surface area contributed by atoms with Crippen molar-refractivity contribution in [2.24, 2.45) is 5.92 Å². The van der Waals surface area contributed by atoms with Gasteiger partial charge in [0.05, 0.1) is 18.1 Å². The number of fused-ring (bicyclic) bond motifs is 1. The van der Waals surface area contributed by atoms with E-state index in [1.807, 2.05) is 21.6 Å². The molecule has 1 N–H and O–H groups in total. The maximum absolute atomic E-state index is 11.4. The van der Waals surface area contributed by atoms with Crippen molar-refractivity contribution in [3.8, 4) is 0 Å². The molecule has 8 nitrogen and oxygen atoms in total. The number of hydrogen-bond donors (Lipinski definition) is 1. The van der Waals surface area contributed by atoms with Crippen LogP contribution in [-0.4, -0.2) is 52.2 Å². The summed E-state index contributed by atoms with van der Waals surface area (Å²) in [5.41, 5.74) is 2.32. The molecule has 0 fully saturated rings. The molecule has 0 amide bonds. The van der Waals surface area contributed by atoms with E-state index in [4.69, 9.17) is 0 Å². The molecule has 2 aromatic rings. The number of hydrogen-bond acceptors (Lipinski definition) is 5. The van der Waals surface area contributed by atoms with Gasteiger partial charge in [0.2, 0.25) is 10.0 Å². The first-order valence-electron chi connectivity index (χ1n) is 8.12. The second-order valence-electron chi connectivity index (χ2n) is 6.37. The molecule has 0 aliphatic carbocycles. The summed E-state index contributed by atoms with van der Waals surface area (Å²) in [6, 6.07) is 2.02. The van der Waals surface area contributed by atoms with Gasteiger partial charge in [0, 0.05) is 63.1 Å². The van der Waals surface area contributed by atoms with E-state index in [1.165, 1.54) is 11.8 Å². The Morgan fingerprint density at radius 3 is 2.88 bits per heavy atom. The monoisotopic (exact) mass is 352 g/mol. The number of rotatable bonds is 6. The summed E-state index contributed by atoms with van der Waals surface area (Å²) in [5, 5.41) is 8.69. The molecule has 132 valence electrons. The molecule has 0 spiro atoms. The predicted octanol–water partition coefficient (Wildman–Crippen LogP) is 0.281. The first kappa shape index (κ1) is 17.1. The topological polar surface area (TPSA) is 85.0 Å². The Bertz CT molecular complexity index is 781. The van der Waals surface area contributed by atoms with Crippen molar-refractivity contribution < 1.29 is 8.42 Å². The predicted molar refractivity (Wildman–Crippen MR) is 90.6 cm³/mol. The Morgan fingerprint density at radius 1 is 1.33 bits per heavy atom. The van der Waals surface area contributed by atoms with E-state index >= 15 is 0 Å². The molecule has 1 atom stereocenters. The van der Waals surface area contributed by atoms with Crippen molar-refractivity contribution in [2.75, 3.05) is 19.3 Å². The second kappa shape index (κ2) is 7.04. The van der Waals surface area contributed by atoms with Gasteiger partial charge < -0.3 is 0 Å². The first-order valence-corrected chi connectivity index (χ1v) is 10.0. The lowest BCUT2D eigenvalue weighted by Crippen LogP contribution is -2.36. The van der Waals surface area contributed by atoms with Crippen LogP contribution in [0, 0.1) is 5.92 Å². The van der Waals surface area contributed by atoms with Crippen LogP contribution in [0.3, 0.4) is 0 Å². The fourth-order valence-electron chi connectivity index (χ4n) is 3.06. The van der Waals surface area contributed by atoms with E-state index in [0.717, 1.165) is 38.4 Å². The fraction of sp³-hybridized carbons (Fsp3) is 0.600. The van der Waals surface area contributed by atoms with Gasteiger partial charge >= 0.3 is 0 Å². The van der Waals surface area contributed by atoms with Crippen molar-refractivity contribution >= 4 is 10.0 Å². The molecule has 3 rings (SSSR count). The first-order chi connectivity index (χ1) is 11.4. The lowest BCUT2D eigenvalue weighted by Gasteiger charge is -2.23. The smallest absolute Gasteiger partial charge is 0.208 e. The molecule has 0 radical (unpaired) electrons. The Morgan fingerprint density at radius 2 is 2.17 bits per heavy atom. The van der Waals surface area contributed by atoms with Gasteiger partial charge in [-0.2, -0.15) is 10.2 Å². The zero-order valence-corrected chi connectivity index (χ0v) is 14.9. The van der Waals surface area contributed by atoms with Crippen molar-refractivity contribution in [1.82, 2.24) is 29.2 Å². The highest BCUT2D eigenvalue weighted by Gasteiger charge is 2.23. The SMILES string of the molecule is CCn1cc(CN2Cc3ccnn3C[C@@H](CNS(C)(=O)=O)C2)cn1. The number of aromatic nitrogens is 4. The van der Waals surface area contributed by atoms with E-state index < -0.39 is 10.0 Å². The van der Waals surface area contributed by atoms with Gasteiger partial charge in [0.1, 0.15) is 0 Å². The molecule has 0 saturated carbocycles. The third kappa shape index (κ3) is 4.43. The molecular weight excluding hydrogens is 328 g/mol. The van der Waals surface area contributed by atoms with E-state index in [-0.39, 0.29) is 5.92 Å². The van der Waals surface area contributed by atoms with Crippen LogP contribution in [0.25, 0.3) is 0 Å². The maximum Gasteiger partial charge on any atom is 0.208 e. The quantitative estimate of drug-likeness (QED) is 0.807. The summed E-state index contributed by atoms with van der Waals surface area (Å²) in [6.07, 6.45) is 6.95. The summed E-state index contributed by atoms with van der Waals surface area (Å²) < 4.78 is 29.3. The molecule has 0 saturated heterocycles. The molecule has 1 aliphatic rings. The Hall–Kier alpha value is -1.71. The summed E-state index contributed by atoms with van der Waals surface area (Å²) in [5.74, 6) is 0.169. The number of aryl methyl sites for hydroxylation is 1. The van der Waals surface area contributed by atoms with Gasteiger partial charge in [-0.15, -0.1) is 0 Å². The average molecular weight is 352 g/mol. The van der Waals surface area contributed by atoms with Gasteiger partial charge in [-0.1, -0.05) is 0 Å². The largest absolute Gasteiger partial charge is 0.293 e.